The predicted molar refractivity (Wildman–Crippen MR) is 141 cm³/mol. The maximum atomic E-state index is 15.0. The van der Waals surface area contributed by atoms with E-state index in [0.717, 1.165) is 30.3 Å². The molecule has 1 amide bonds. The van der Waals surface area contributed by atoms with Gasteiger partial charge in [-0.05, 0) is 79.6 Å². The summed E-state index contributed by atoms with van der Waals surface area (Å²) in [5, 5.41) is 2.69. The monoisotopic (exact) mass is 648 g/mol. The number of benzene rings is 2. The van der Waals surface area contributed by atoms with Crippen LogP contribution in [0.1, 0.15) is 52.7 Å². The molecule has 2 aliphatic rings. The second-order valence-corrected chi connectivity index (χ2v) is 13.1. The molecule has 0 aliphatic heterocycles. The second kappa shape index (κ2) is 10.7. The SMILES string of the molecule is O=C(N[C@@H]1CC[C@@]2(S(=O)(=O)c3ccc(F)cc3)c3ccc(C(F)(C(F)(F)F)C(F)(F)F)cc3CCC[C@@H]12)c1ccc[nH]c1=O. The van der Waals surface area contributed by atoms with Crippen LogP contribution in [0.5, 0.6) is 0 Å². The van der Waals surface area contributed by atoms with Crippen molar-refractivity contribution in [2.45, 2.75) is 65.8 Å². The number of hydrogen-bond acceptors (Lipinski definition) is 4. The number of carbonyl (C=O) groups is 1. The quantitative estimate of drug-likeness (QED) is 0.262. The minimum atomic E-state index is -6.37. The van der Waals surface area contributed by atoms with Gasteiger partial charge in [0.15, 0.2) is 9.84 Å². The van der Waals surface area contributed by atoms with Crippen LogP contribution in [-0.4, -0.2) is 37.7 Å². The van der Waals surface area contributed by atoms with Crippen LogP contribution in [0.3, 0.4) is 0 Å². The number of fused-ring (bicyclic) bond motifs is 3. The maximum Gasteiger partial charge on any atom is 0.435 e. The molecule has 2 aliphatic carbocycles. The topological polar surface area (TPSA) is 96.1 Å². The Bertz CT molecular complexity index is 1740. The summed E-state index contributed by atoms with van der Waals surface area (Å²) >= 11 is 0. The minimum Gasteiger partial charge on any atom is -0.349 e. The molecule has 2 N–H and O–H groups in total. The molecule has 6 nitrogen and oxygen atoms in total. The van der Waals surface area contributed by atoms with Gasteiger partial charge < -0.3 is 10.3 Å². The first-order valence-corrected chi connectivity index (χ1v) is 14.9. The van der Waals surface area contributed by atoms with E-state index in [0.29, 0.717) is 12.1 Å². The van der Waals surface area contributed by atoms with Crippen LogP contribution in [-0.2, 0) is 26.7 Å². The molecule has 0 unspecified atom stereocenters. The van der Waals surface area contributed by atoms with Crippen LogP contribution in [0, 0.1) is 11.7 Å². The largest absolute Gasteiger partial charge is 0.435 e. The molecule has 3 atom stereocenters. The zero-order valence-corrected chi connectivity index (χ0v) is 23.3. The average molecular weight is 649 g/mol. The molecule has 0 saturated heterocycles. The number of H-pyrrole nitrogens is 1. The maximum absolute atomic E-state index is 15.0. The van der Waals surface area contributed by atoms with Crippen molar-refractivity contribution in [2.75, 3.05) is 0 Å². The van der Waals surface area contributed by atoms with Crippen molar-refractivity contribution in [2.24, 2.45) is 5.92 Å². The van der Waals surface area contributed by atoms with Crippen molar-refractivity contribution in [3.63, 3.8) is 0 Å². The van der Waals surface area contributed by atoms with E-state index in [4.69, 9.17) is 0 Å². The molecule has 236 valence electrons. The van der Waals surface area contributed by atoms with E-state index in [9.17, 15) is 48.7 Å². The number of sulfone groups is 1. The van der Waals surface area contributed by atoms with Gasteiger partial charge >= 0.3 is 18.0 Å². The van der Waals surface area contributed by atoms with Crippen molar-refractivity contribution < 1.29 is 48.3 Å². The number of aryl methyl sites for hydroxylation is 1. The normalized spacial score (nSPS) is 22.5. The lowest BCUT2D eigenvalue weighted by molar-refractivity contribution is -0.348. The van der Waals surface area contributed by atoms with Gasteiger partial charge in [-0.2, -0.15) is 26.3 Å². The summed E-state index contributed by atoms with van der Waals surface area (Å²) in [5.41, 5.74) is -8.79. The van der Waals surface area contributed by atoms with Crippen LogP contribution in [0.2, 0.25) is 0 Å². The molecule has 0 spiro atoms. The number of carbonyl (C=O) groups excluding carboxylic acids is 1. The van der Waals surface area contributed by atoms with Crippen molar-refractivity contribution in [1.82, 2.24) is 10.3 Å². The molecule has 1 aromatic heterocycles. The Balaban J connectivity index is 1.69. The zero-order chi connectivity index (χ0) is 32.3. The summed E-state index contributed by atoms with van der Waals surface area (Å²) in [4.78, 5) is 27.2. The Kier molecular flexibility index (Phi) is 7.70. The van der Waals surface area contributed by atoms with Crippen LogP contribution < -0.4 is 10.9 Å². The molecule has 2 aromatic carbocycles. The summed E-state index contributed by atoms with van der Waals surface area (Å²) in [5.74, 6) is -2.55. The summed E-state index contributed by atoms with van der Waals surface area (Å²) in [7, 11) is -4.58. The van der Waals surface area contributed by atoms with Gasteiger partial charge in [0.2, 0.25) is 0 Å². The highest BCUT2D eigenvalue weighted by atomic mass is 32.2. The number of amides is 1. The van der Waals surface area contributed by atoms with Gasteiger partial charge in [0.05, 0.1) is 4.90 Å². The highest BCUT2D eigenvalue weighted by molar-refractivity contribution is 7.92. The number of halogens is 8. The smallest absolute Gasteiger partial charge is 0.349 e. The molecule has 0 radical (unpaired) electrons. The lowest BCUT2D eigenvalue weighted by Gasteiger charge is -2.38. The Morgan fingerprint density at radius 2 is 1.59 bits per heavy atom. The number of pyridine rings is 1. The molecule has 15 heteroatoms. The van der Waals surface area contributed by atoms with Crippen molar-refractivity contribution in [3.05, 3.63) is 99.2 Å². The molecule has 44 heavy (non-hydrogen) atoms. The van der Waals surface area contributed by atoms with Gasteiger partial charge in [-0.25, -0.2) is 17.2 Å². The molecule has 1 saturated carbocycles. The van der Waals surface area contributed by atoms with Gasteiger partial charge in [-0.3, -0.25) is 9.59 Å². The molecular formula is C29H24F8N2O4S. The van der Waals surface area contributed by atoms with Gasteiger partial charge in [0.25, 0.3) is 11.5 Å². The van der Waals surface area contributed by atoms with Gasteiger partial charge in [-0.1, -0.05) is 18.2 Å². The summed E-state index contributed by atoms with van der Waals surface area (Å²) in [6, 6.07) is 7.00. The third kappa shape index (κ3) is 4.79. The molecule has 1 fully saturated rings. The predicted octanol–water partition coefficient (Wildman–Crippen LogP) is 6.02. The third-order valence-corrected chi connectivity index (χ3v) is 11.2. The number of alkyl halides is 7. The number of aromatic nitrogens is 1. The van der Waals surface area contributed by atoms with Crippen LogP contribution >= 0.6 is 0 Å². The van der Waals surface area contributed by atoms with E-state index < -0.39 is 67.4 Å². The number of nitrogens with one attached hydrogen (secondary N) is 2. The second-order valence-electron chi connectivity index (χ2n) is 10.9. The zero-order valence-electron chi connectivity index (χ0n) is 22.5. The van der Waals surface area contributed by atoms with Gasteiger partial charge in [-0.15, -0.1) is 0 Å². The summed E-state index contributed by atoms with van der Waals surface area (Å²) in [6.45, 7) is 0. The first-order valence-electron chi connectivity index (χ1n) is 13.4. The Morgan fingerprint density at radius 1 is 0.932 bits per heavy atom. The van der Waals surface area contributed by atoms with Crippen molar-refractivity contribution in [1.29, 1.82) is 0 Å². The van der Waals surface area contributed by atoms with E-state index in [1.54, 1.807) is 0 Å². The lowest BCUT2D eigenvalue weighted by atomic mass is 9.82. The Hall–Kier alpha value is -3.75. The van der Waals surface area contributed by atoms with Gasteiger partial charge in [0.1, 0.15) is 16.1 Å². The number of rotatable bonds is 5. The van der Waals surface area contributed by atoms with Crippen molar-refractivity contribution >= 4 is 15.7 Å². The van der Waals surface area contributed by atoms with E-state index >= 15 is 4.39 Å². The third-order valence-electron chi connectivity index (χ3n) is 8.60. The van der Waals surface area contributed by atoms with Crippen molar-refractivity contribution in [3.8, 4) is 0 Å². The summed E-state index contributed by atoms with van der Waals surface area (Å²) < 4.78 is 137. The van der Waals surface area contributed by atoms with E-state index in [1.165, 1.54) is 18.3 Å². The minimum absolute atomic E-state index is 0.000905. The van der Waals surface area contributed by atoms with E-state index in [-0.39, 0.29) is 53.7 Å². The Morgan fingerprint density at radius 3 is 2.20 bits per heavy atom. The first kappa shape index (κ1) is 31.7. The number of aromatic amines is 1. The average Bonchev–Trinajstić information content (AvgIpc) is 3.21. The fourth-order valence-electron chi connectivity index (χ4n) is 6.60. The molecular weight excluding hydrogens is 624 g/mol. The standard InChI is InChI=1S/C29H24F8N2O4S/c30-18-7-9-19(10-8-18)44(42,43)26-13-12-23(39-25(41)20-4-2-14-38-24(20)40)22(26)5-1-3-16-15-17(6-11-21(16)26)27(31,28(32,33)34)29(35,36)37/h2,4,6-11,14-15,22-23H,1,3,5,12-13H2,(H,38,40)(H,39,41)/t22-,23+,26+/m0/s1. The highest BCUT2D eigenvalue weighted by Gasteiger charge is 2.73. The molecule has 1 heterocycles. The number of hydrogen-bond donors (Lipinski definition) is 2. The molecule has 3 aromatic rings. The fourth-order valence-corrected chi connectivity index (χ4v) is 9.07. The van der Waals surface area contributed by atoms with Crippen LogP contribution in [0.15, 0.2) is 70.5 Å². The molecule has 0 bridgehead atoms. The van der Waals surface area contributed by atoms with E-state index in [1.807, 2.05) is 0 Å². The summed E-state index contributed by atoms with van der Waals surface area (Å²) in [6.07, 6.45) is -11.8. The van der Waals surface area contributed by atoms with Crippen LogP contribution in [0.25, 0.3) is 0 Å². The fraction of sp³-hybridized carbons (Fsp3) is 0.379. The van der Waals surface area contributed by atoms with Gasteiger partial charge in [0, 0.05) is 23.7 Å². The van der Waals surface area contributed by atoms with Crippen LogP contribution in [0.4, 0.5) is 35.1 Å². The lowest BCUT2D eigenvalue weighted by Crippen LogP contribution is -2.50. The first-order chi connectivity index (χ1) is 20.4. The van der Waals surface area contributed by atoms with E-state index in [2.05, 4.69) is 10.3 Å². The highest BCUT2D eigenvalue weighted by Crippen LogP contribution is 2.58. The Labute approximate surface area is 245 Å². The molecule has 5 rings (SSSR count).